The summed E-state index contributed by atoms with van der Waals surface area (Å²) >= 11 is 0. The van der Waals surface area contributed by atoms with Gasteiger partial charge in [0.2, 0.25) is 11.8 Å². The van der Waals surface area contributed by atoms with Gasteiger partial charge >= 0.3 is 6.03 Å². The number of hydrogen-bond donors (Lipinski definition) is 2. The topological polar surface area (TPSA) is 102 Å². The zero-order chi connectivity index (χ0) is 22.9. The maximum absolute atomic E-state index is 14.6. The molecule has 3 fully saturated rings. The Labute approximate surface area is 183 Å². The molecule has 3 amide bonds. The summed E-state index contributed by atoms with van der Waals surface area (Å²) in [6.45, 7) is 4.08. The molecule has 2 heterocycles. The van der Waals surface area contributed by atoms with Gasteiger partial charge in [0.05, 0.1) is 6.07 Å². The third kappa shape index (κ3) is 5.28. The number of halogens is 2. The van der Waals surface area contributed by atoms with Gasteiger partial charge in [-0.3, -0.25) is 4.79 Å². The summed E-state index contributed by atoms with van der Waals surface area (Å²) in [6.07, 6.45) is 2.66. The van der Waals surface area contributed by atoms with Crippen LogP contribution in [0.4, 0.5) is 13.6 Å². The third-order valence-corrected chi connectivity index (χ3v) is 7.70. The monoisotopic (exact) mass is 439 g/mol. The standard InChI is InChI=1S/C22H35F2N5O2/c1-3-4-22(23,24)13-16(17-14-20(17)5-11-29(12-6-20)19(26)31)18(30)27-21(15-25)7-9-28(2)10-8-21/h16-17H,3-14H2,1-2H3,(H2,26,31)(H,27,30)/t16-,17?/m0/s1. The number of carbonyl (C=O) groups is 2. The molecule has 0 aromatic rings. The lowest BCUT2D eigenvalue weighted by molar-refractivity contribution is -0.132. The predicted octanol–water partition coefficient (Wildman–Crippen LogP) is 2.71. The van der Waals surface area contributed by atoms with Gasteiger partial charge in [-0.2, -0.15) is 5.26 Å². The van der Waals surface area contributed by atoms with E-state index in [0.29, 0.717) is 64.7 Å². The molecule has 1 unspecified atom stereocenters. The van der Waals surface area contributed by atoms with E-state index < -0.39 is 35.7 Å². The van der Waals surface area contributed by atoms with E-state index in [0.717, 1.165) is 0 Å². The van der Waals surface area contributed by atoms with Crippen molar-refractivity contribution in [3.63, 3.8) is 0 Å². The van der Waals surface area contributed by atoms with Crippen molar-refractivity contribution in [2.75, 3.05) is 33.2 Å². The molecule has 0 bridgehead atoms. The van der Waals surface area contributed by atoms with Gasteiger partial charge in [-0.1, -0.05) is 13.3 Å². The fourth-order valence-electron chi connectivity index (χ4n) is 5.50. The van der Waals surface area contributed by atoms with Crippen LogP contribution in [0.15, 0.2) is 0 Å². The van der Waals surface area contributed by atoms with E-state index in [4.69, 9.17) is 5.73 Å². The number of urea groups is 1. The van der Waals surface area contributed by atoms with Crippen molar-refractivity contribution in [3.05, 3.63) is 0 Å². The van der Waals surface area contributed by atoms with Gasteiger partial charge in [-0.25, -0.2) is 13.6 Å². The molecule has 2 aliphatic heterocycles. The average Bonchev–Trinajstić information content (AvgIpc) is 3.41. The largest absolute Gasteiger partial charge is 0.351 e. The van der Waals surface area contributed by atoms with Crippen LogP contribution in [0.2, 0.25) is 0 Å². The number of amides is 3. The minimum atomic E-state index is -2.92. The van der Waals surface area contributed by atoms with Gasteiger partial charge in [-0.15, -0.1) is 0 Å². The second kappa shape index (κ2) is 8.89. The summed E-state index contributed by atoms with van der Waals surface area (Å²) in [7, 11) is 1.96. The highest BCUT2D eigenvalue weighted by atomic mass is 19.3. The number of nitrogens with two attached hydrogens (primary N) is 1. The van der Waals surface area contributed by atoms with Crippen molar-refractivity contribution in [3.8, 4) is 6.07 Å². The van der Waals surface area contributed by atoms with E-state index in [9.17, 15) is 23.6 Å². The average molecular weight is 440 g/mol. The van der Waals surface area contributed by atoms with Crippen molar-refractivity contribution in [1.82, 2.24) is 15.1 Å². The fourth-order valence-corrected chi connectivity index (χ4v) is 5.50. The Balaban J connectivity index is 1.74. The van der Waals surface area contributed by atoms with E-state index in [-0.39, 0.29) is 17.8 Å². The van der Waals surface area contributed by atoms with E-state index in [1.807, 2.05) is 7.05 Å². The third-order valence-electron chi connectivity index (χ3n) is 7.70. The van der Waals surface area contributed by atoms with Crippen LogP contribution in [0, 0.1) is 28.6 Å². The number of rotatable bonds is 7. The maximum atomic E-state index is 14.6. The lowest BCUT2D eigenvalue weighted by Gasteiger charge is -2.38. The highest BCUT2D eigenvalue weighted by Crippen LogP contribution is 2.64. The van der Waals surface area contributed by atoms with E-state index in [1.165, 1.54) is 0 Å². The summed E-state index contributed by atoms with van der Waals surface area (Å²) in [5.74, 6) is -4.30. The Morgan fingerprint density at radius 2 is 1.84 bits per heavy atom. The smallest absolute Gasteiger partial charge is 0.314 e. The number of nitrogens with one attached hydrogen (secondary N) is 1. The van der Waals surface area contributed by atoms with E-state index in [2.05, 4.69) is 16.3 Å². The minimum Gasteiger partial charge on any atom is -0.351 e. The second-order valence-electron chi connectivity index (χ2n) is 9.90. The summed E-state index contributed by atoms with van der Waals surface area (Å²) in [6, 6.07) is 1.79. The number of nitriles is 1. The van der Waals surface area contributed by atoms with Crippen LogP contribution in [0.5, 0.6) is 0 Å². The van der Waals surface area contributed by atoms with Crippen molar-refractivity contribution in [2.24, 2.45) is 23.0 Å². The lowest BCUT2D eigenvalue weighted by atomic mass is 9.82. The van der Waals surface area contributed by atoms with Crippen molar-refractivity contribution >= 4 is 11.9 Å². The number of primary amides is 1. The highest BCUT2D eigenvalue weighted by Gasteiger charge is 2.61. The molecule has 9 heteroatoms. The molecule has 0 aromatic heterocycles. The summed E-state index contributed by atoms with van der Waals surface area (Å²) in [5, 5.41) is 12.7. The predicted molar refractivity (Wildman–Crippen MR) is 112 cm³/mol. The number of carbonyl (C=O) groups excluding carboxylic acids is 2. The summed E-state index contributed by atoms with van der Waals surface area (Å²) in [5.41, 5.74) is 4.20. The Morgan fingerprint density at radius 1 is 1.23 bits per heavy atom. The first kappa shape index (κ1) is 23.7. The Morgan fingerprint density at radius 3 is 2.35 bits per heavy atom. The number of likely N-dealkylation sites (tertiary alicyclic amines) is 2. The highest BCUT2D eigenvalue weighted by molar-refractivity contribution is 5.81. The van der Waals surface area contributed by atoms with Crippen molar-refractivity contribution < 1.29 is 18.4 Å². The van der Waals surface area contributed by atoms with Gasteiger partial charge in [0.25, 0.3) is 0 Å². The van der Waals surface area contributed by atoms with Gasteiger partial charge in [0, 0.05) is 44.9 Å². The first-order chi connectivity index (χ1) is 14.6. The number of piperidine rings is 2. The van der Waals surface area contributed by atoms with Crippen LogP contribution in [0.25, 0.3) is 0 Å². The SMILES string of the molecule is CCCC(F)(F)C[C@H](C(=O)NC1(C#N)CCN(C)CC1)C1CC12CCN(C(N)=O)CC2. The first-order valence-corrected chi connectivity index (χ1v) is 11.4. The van der Waals surface area contributed by atoms with Crippen LogP contribution in [0.1, 0.15) is 58.3 Å². The van der Waals surface area contributed by atoms with E-state index in [1.54, 1.807) is 11.8 Å². The molecule has 1 saturated carbocycles. The van der Waals surface area contributed by atoms with Gasteiger partial charge in [-0.05, 0) is 50.5 Å². The Hall–Kier alpha value is -1.95. The molecule has 0 radical (unpaired) electrons. The lowest BCUT2D eigenvalue weighted by Crippen LogP contribution is -2.55. The Bertz CT molecular complexity index is 722. The molecule has 3 N–H and O–H groups in total. The zero-order valence-corrected chi connectivity index (χ0v) is 18.6. The summed E-state index contributed by atoms with van der Waals surface area (Å²) < 4.78 is 29.3. The minimum absolute atomic E-state index is 0.146. The molecule has 3 rings (SSSR count). The Kier molecular flexibility index (Phi) is 6.80. The van der Waals surface area contributed by atoms with E-state index >= 15 is 0 Å². The van der Waals surface area contributed by atoms with Crippen LogP contribution >= 0.6 is 0 Å². The van der Waals surface area contributed by atoms with Gasteiger partial charge in [0.15, 0.2) is 0 Å². The van der Waals surface area contributed by atoms with Crippen LogP contribution < -0.4 is 11.1 Å². The quantitative estimate of drug-likeness (QED) is 0.637. The number of alkyl halides is 2. The molecule has 31 heavy (non-hydrogen) atoms. The molecule has 3 aliphatic rings. The fraction of sp³-hybridized carbons (Fsp3) is 0.864. The van der Waals surface area contributed by atoms with Crippen molar-refractivity contribution in [1.29, 1.82) is 5.26 Å². The van der Waals surface area contributed by atoms with Crippen LogP contribution in [0.3, 0.4) is 0 Å². The normalized spacial score (nSPS) is 26.2. The number of nitrogens with zero attached hydrogens (tertiary/aromatic N) is 3. The molecule has 2 saturated heterocycles. The first-order valence-electron chi connectivity index (χ1n) is 11.4. The zero-order valence-electron chi connectivity index (χ0n) is 18.6. The molecule has 174 valence electrons. The molecule has 1 aliphatic carbocycles. The van der Waals surface area contributed by atoms with Crippen molar-refractivity contribution in [2.45, 2.75) is 69.8 Å². The van der Waals surface area contributed by atoms with Gasteiger partial charge < -0.3 is 20.9 Å². The van der Waals surface area contributed by atoms with Crippen LogP contribution in [-0.4, -0.2) is 66.4 Å². The summed E-state index contributed by atoms with van der Waals surface area (Å²) in [4.78, 5) is 28.4. The molecule has 1 spiro atoms. The molecular formula is C22H35F2N5O2. The second-order valence-corrected chi connectivity index (χ2v) is 9.90. The molecule has 0 aromatic carbocycles. The molecule has 2 atom stereocenters. The molecule has 7 nitrogen and oxygen atoms in total. The van der Waals surface area contributed by atoms with Crippen LogP contribution in [-0.2, 0) is 4.79 Å². The van der Waals surface area contributed by atoms with Gasteiger partial charge in [0.1, 0.15) is 5.54 Å². The maximum Gasteiger partial charge on any atom is 0.314 e. The molecular weight excluding hydrogens is 404 g/mol. The number of hydrogen-bond acceptors (Lipinski definition) is 4.